The second kappa shape index (κ2) is 5.70. The standard InChI is InChI=1S/C12H14N4O3S2/c1-7-10(6-14-15-7)21(17,18)16-11-8(12(13)20)4-3-5-9(11)19-2/h3-6,16H,1-2H3,(H2,13,20)(H,14,15). The van der Waals surface area contributed by atoms with Gasteiger partial charge >= 0.3 is 0 Å². The first-order chi connectivity index (χ1) is 9.86. The number of sulfonamides is 1. The number of para-hydroxylation sites is 1. The van der Waals surface area contributed by atoms with Crippen LogP contribution in [0.15, 0.2) is 29.3 Å². The number of nitrogens with two attached hydrogens (primary N) is 1. The Bertz CT molecular complexity index is 784. The molecule has 4 N–H and O–H groups in total. The van der Waals surface area contributed by atoms with E-state index >= 15 is 0 Å². The molecule has 1 heterocycles. The number of methoxy groups -OCH3 is 1. The highest BCUT2D eigenvalue weighted by Gasteiger charge is 2.22. The number of nitrogens with one attached hydrogen (secondary N) is 2. The molecule has 0 amide bonds. The molecule has 1 aromatic heterocycles. The van der Waals surface area contributed by atoms with E-state index in [0.717, 1.165) is 0 Å². The number of hydrogen-bond donors (Lipinski definition) is 3. The number of H-pyrrole nitrogens is 1. The molecule has 0 aliphatic heterocycles. The average Bonchev–Trinajstić information content (AvgIpc) is 2.85. The van der Waals surface area contributed by atoms with Gasteiger partial charge in [-0.1, -0.05) is 18.3 Å². The number of ether oxygens (including phenoxy) is 1. The van der Waals surface area contributed by atoms with Gasteiger partial charge in [-0.2, -0.15) is 5.10 Å². The molecule has 9 heteroatoms. The van der Waals surface area contributed by atoms with E-state index in [2.05, 4.69) is 14.9 Å². The van der Waals surface area contributed by atoms with E-state index in [0.29, 0.717) is 17.0 Å². The number of benzene rings is 1. The Morgan fingerprint density at radius 3 is 2.71 bits per heavy atom. The summed E-state index contributed by atoms with van der Waals surface area (Å²) in [5.41, 5.74) is 6.64. The lowest BCUT2D eigenvalue weighted by Gasteiger charge is -2.15. The molecule has 0 saturated heterocycles. The fourth-order valence-electron chi connectivity index (χ4n) is 1.81. The van der Waals surface area contributed by atoms with Gasteiger partial charge in [-0.3, -0.25) is 9.82 Å². The third-order valence-electron chi connectivity index (χ3n) is 2.82. The first-order valence-corrected chi connectivity index (χ1v) is 7.75. The topological polar surface area (TPSA) is 110 Å². The van der Waals surface area contributed by atoms with Crippen molar-refractivity contribution in [2.24, 2.45) is 5.73 Å². The molecule has 2 aromatic rings. The minimum Gasteiger partial charge on any atom is -0.495 e. The maximum atomic E-state index is 12.4. The average molecular weight is 326 g/mol. The van der Waals surface area contributed by atoms with Crippen LogP contribution >= 0.6 is 12.2 Å². The first-order valence-electron chi connectivity index (χ1n) is 5.86. The maximum Gasteiger partial charge on any atom is 0.265 e. The van der Waals surface area contributed by atoms with Crippen molar-refractivity contribution in [2.45, 2.75) is 11.8 Å². The Hall–Kier alpha value is -2.13. The lowest BCUT2D eigenvalue weighted by molar-refractivity contribution is 0.417. The number of hydrogen-bond acceptors (Lipinski definition) is 5. The molecular weight excluding hydrogens is 312 g/mol. The van der Waals surface area contributed by atoms with Crippen LogP contribution in [0.5, 0.6) is 5.75 Å². The van der Waals surface area contributed by atoms with Crippen molar-refractivity contribution in [3.05, 3.63) is 35.7 Å². The van der Waals surface area contributed by atoms with E-state index < -0.39 is 10.0 Å². The summed E-state index contributed by atoms with van der Waals surface area (Å²) in [4.78, 5) is 0.109. The Labute approximate surface area is 127 Å². The fraction of sp³-hybridized carbons (Fsp3) is 0.167. The van der Waals surface area contributed by atoms with Gasteiger partial charge in [0.2, 0.25) is 0 Å². The summed E-state index contributed by atoms with van der Waals surface area (Å²) in [6.45, 7) is 1.61. The third kappa shape index (κ3) is 2.98. The number of rotatable bonds is 5. The summed E-state index contributed by atoms with van der Waals surface area (Å²) < 4.78 is 32.4. The summed E-state index contributed by atoms with van der Waals surface area (Å²) in [6.07, 6.45) is 1.23. The minimum absolute atomic E-state index is 0.0438. The summed E-state index contributed by atoms with van der Waals surface area (Å²) in [6, 6.07) is 4.90. The first kappa shape index (κ1) is 15.3. The zero-order valence-corrected chi connectivity index (χ0v) is 13.0. The van der Waals surface area contributed by atoms with E-state index in [1.165, 1.54) is 13.3 Å². The van der Waals surface area contributed by atoms with Crippen LogP contribution in [-0.2, 0) is 10.0 Å². The van der Waals surface area contributed by atoms with Crippen LogP contribution in [-0.4, -0.2) is 30.7 Å². The summed E-state index contributed by atoms with van der Waals surface area (Å²) in [5.74, 6) is 0.324. The molecule has 0 aliphatic rings. The van der Waals surface area contributed by atoms with Crippen molar-refractivity contribution in [1.82, 2.24) is 10.2 Å². The molecule has 0 bridgehead atoms. The summed E-state index contributed by atoms with van der Waals surface area (Å²) >= 11 is 4.94. The van der Waals surface area contributed by atoms with E-state index in [1.54, 1.807) is 25.1 Å². The van der Waals surface area contributed by atoms with Gasteiger partial charge in [-0.15, -0.1) is 0 Å². The largest absolute Gasteiger partial charge is 0.495 e. The predicted octanol–water partition coefficient (Wildman–Crippen LogP) is 1.16. The van der Waals surface area contributed by atoms with Gasteiger partial charge in [0.15, 0.2) is 0 Å². The highest BCUT2D eigenvalue weighted by atomic mass is 32.2. The van der Waals surface area contributed by atoms with Gasteiger partial charge in [0.25, 0.3) is 10.0 Å². The number of aromatic nitrogens is 2. The van der Waals surface area contributed by atoms with Crippen LogP contribution in [0.2, 0.25) is 0 Å². The van der Waals surface area contributed by atoms with Crippen molar-refractivity contribution >= 4 is 32.9 Å². The van der Waals surface area contributed by atoms with Gasteiger partial charge in [-0.05, 0) is 19.1 Å². The molecule has 0 fully saturated rings. The Morgan fingerprint density at radius 1 is 1.48 bits per heavy atom. The van der Waals surface area contributed by atoms with E-state index in [-0.39, 0.29) is 15.6 Å². The Kier molecular flexibility index (Phi) is 4.14. The van der Waals surface area contributed by atoms with Crippen molar-refractivity contribution < 1.29 is 13.2 Å². The van der Waals surface area contributed by atoms with Gasteiger partial charge in [0.05, 0.1) is 19.0 Å². The molecule has 0 radical (unpaired) electrons. The predicted molar refractivity (Wildman–Crippen MR) is 83.0 cm³/mol. The zero-order valence-electron chi connectivity index (χ0n) is 11.4. The van der Waals surface area contributed by atoms with E-state index in [9.17, 15) is 8.42 Å². The molecule has 0 saturated carbocycles. The molecule has 21 heavy (non-hydrogen) atoms. The lowest BCUT2D eigenvalue weighted by atomic mass is 10.1. The second-order valence-corrected chi connectivity index (χ2v) is 6.30. The molecule has 7 nitrogen and oxygen atoms in total. The molecule has 0 atom stereocenters. The highest BCUT2D eigenvalue weighted by molar-refractivity contribution is 7.92. The lowest BCUT2D eigenvalue weighted by Crippen LogP contribution is -2.19. The molecule has 0 spiro atoms. The number of thiocarbonyl (C=S) groups is 1. The van der Waals surface area contributed by atoms with Gasteiger partial charge in [-0.25, -0.2) is 8.42 Å². The molecule has 2 rings (SSSR count). The zero-order chi connectivity index (χ0) is 15.6. The minimum atomic E-state index is -3.83. The molecule has 112 valence electrons. The van der Waals surface area contributed by atoms with Crippen LogP contribution in [0.25, 0.3) is 0 Å². The van der Waals surface area contributed by atoms with Crippen LogP contribution in [0.4, 0.5) is 5.69 Å². The number of nitrogens with zero attached hydrogens (tertiary/aromatic N) is 1. The third-order valence-corrected chi connectivity index (χ3v) is 4.50. The summed E-state index contributed by atoms with van der Waals surface area (Å²) in [7, 11) is -2.40. The van der Waals surface area contributed by atoms with Crippen molar-refractivity contribution in [3.63, 3.8) is 0 Å². The number of aryl methyl sites for hydroxylation is 1. The SMILES string of the molecule is COc1cccc(C(N)=S)c1NS(=O)(=O)c1cn[nH]c1C. The maximum absolute atomic E-state index is 12.4. The Morgan fingerprint density at radius 2 is 2.19 bits per heavy atom. The second-order valence-electron chi connectivity index (χ2n) is 4.21. The fourth-order valence-corrected chi connectivity index (χ4v) is 3.21. The Balaban J connectivity index is 2.53. The molecule has 0 unspecified atom stereocenters. The highest BCUT2D eigenvalue weighted by Crippen LogP contribution is 2.30. The normalized spacial score (nSPS) is 11.1. The summed E-state index contributed by atoms with van der Waals surface area (Å²) in [5, 5.41) is 6.28. The van der Waals surface area contributed by atoms with Gasteiger partial charge < -0.3 is 10.5 Å². The molecule has 0 aliphatic carbocycles. The van der Waals surface area contributed by atoms with Crippen LogP contribution in [0.3, 0.4) is 0 Å². The van der Waals surface area contributed by atoms with E-state index in [4.69, 9.17) is 22.7 Å². The van der Waals surface area contributed by atoms with E-state index in [1.807, 2.05) is 0 Å². The molecular formula is C12H14N4O3S2. The van der Waals surface area contributed by atoms with Crippen LogP contribution < -0.4 is 15.2 Å². The number of anilines is 1. The van der Waals surface area contributed by atoms with Gasteiger partial charge in [0.1, 0.15) is 21.3 Å². The quantitative estimate of drug-likeness (QED) is 0.711. The van der Waals surface area contributed by atoms with Crippen LogP contribution in [0, 0.1) is 6.92 Å². The monoisotopic (exact) mass is 326 g/mol. The van der Waals surface area contributed by atoms with Crippen molar-refractivity contribution in [1.29, 1.82) is 0 Å². The molecule has 1 aromatic carbocycles. The van der Waals surface area contributed by atoms with Crippen molar-refractivity contribution in [2.75, 3.05) is 11.8 Å². The van der Waals surface area contributed by atoms with Crippen molar-refractivity contribution in [3.8, 4) is 5.75 Å². The smallest absolute Gasteiger partial charge is 0.265 e. The van der Waals surface area contributed by atoms with Gasteiger partial charge in [0, 0.05) is 5.56 Å². The van der Waals surface area contributed by atoms with Crippen LogP contribution in [0.1, 0.15) is 11.3 Å². The number of aromatic amines is 1.